The van der Waals surface area contributed by atoms with E-state index in [0.717, 1.165) is 13.0 Å². The van der Waals surface area contributed by atoms with E-state index in [1.807, 2.05) is 0 Å². The van der Waals surface area contributed by atoms with Gasteiger partial charge in [0.05, 0.1) is 13.0 Å². The fraction of sp³-hybridized carbons (Fsp3) is 0.875. The molecule has 1 aliphatic rings. The summed E-state index contributed by atoms with van der Waals surface area (Å²) in [4.78, 5) is 10.2. The lowest BCUT2D eigenvalue weighted by Crippen LogP contribution is -2.15. The summed E-state index contributed by atoms with van der Waals surface area (Å²) in [7, 11) is -0.991. The normalized spacial score (nSPS) is 24.5. The van der Waals surface area contributed by atoms with E-state index in [-0.39, 0.29) is 12.2 Å². The zero-order valence-corrected chi connectivity index (χ0v) is 8.22. The Morgan fingerprint density at radius 1 is 1.62 bits per heavy atom. The minimum absolute atomic E-state index is 0.000187. The van der Waals surface area contributed by atoms with Gasteiger partial charge in [0.15, 0.2) is 0 Å². The molecule has 1 rings (SSSR count). The molecule has 76 valence electrons. The summed E-state index contributed by atoms with van der Waals surface area (Å²) in [5, 5.41) is 8.36. The fourth-order valence-corrected chi connectivity index (χ4v) is 2.62. The number of ether oxygens (including phenoxy) is 1. The van der Waals surface area contributed by atoms with Crippen molar-refractivity contribution in [3.05, 3.63) is 0 Å². The van der Waals surface area contributed by atoms with E-state index >= 15 is 0 Å². The highest BCUT2D eigenvalue weighted by atomic mass is 32.2. The van der Waals surface area contributed by atoms with E-state index in [9.17, 15) is 9.00 Å². The summed E-state index contributed by atoms with van der Waals surface area (Å²) < 4.78 is 16.4. The van der Waals surface area contributed by atoms with Gasteiger partial charge in [-0.05, 0) is 12.3 Å². The van der Waals surface area contributed by atoms with Crippen LogP contribution in [0.2, 0.25) is 0 Å². The van der Waals surface area contributed by atoms with Crippen LogP contribution in [0.1, 0.15) is 12.8 Å². The molecule has 2 atom stereocenters. The average Bonchev–Trinajstić information content (AvgIpc) is 2.53. The van der Waals surface area contributed by atoms with Gasteiger partial charge in [-0.2, -0.15) is 0 Å². The molecule has 1 saturated heterocycles. The predicted octanol–water partition coefficient (Wildman–Crippen LogP) is 0.246. The molecule has 0 spiro atoms. The molecule has 0 aromatic heterocycles. The van der Waals surface area contributed by atoms with Crippen LogP contribution in [-0.2, 0) is 20.3 Å². The number of carbonyl (C=O) groups is 1. The molecule has 1 N–H and O–H groups in total. The first-order chi connectivity index (χ1) is 6.18. The van der Waals surface area contributed by atoms with E-state index in [0.29, 0.717) is 18.3 Å². The van der Waals surface area contributed by atoms with Crippen LogP contribution in [0.15, 0.2) is 0 Å². The molecule has 0 bridgehead atoms. The average molecular weight is 206 g/mol. The second kappa shape index (κ2) is 5.34. The highest BCUT2D eigenvalue weighted by molar-refractivity contribution is 7.85. The third-order valence-electron chi connectivity index (χ3n) is 1.99. The molecule has 1 heterocycles. The van der Waals surface area contributed by atoms with Gasteiger partial charge in [-0.25, -0.2) is 0 Å². The summed E-state index contributed by atoms with van der Waals surface area (Å²) >= 11 is 0. The summed E-state index contributed by atoms with van der Waals surface area (Å²) in [6.45, 7) is 1.43. The van der Waals surface area contributed by atoms with Gasteiger partial charge >= 0.3 is 5.97 Å². The fourth-order valence-electron chi connectivity index (χ4n) is 1.26. The van der Waals surface area contributed by atoms with Gasteiger partial charge in [0.2, 0.25) is 0 Å². The molecule has 2 unspecified atom stereocenters. The number of carboxylic acid groups (broad SMARTS) is 1. The zero-order chi connectivity index (χ0) is 9.68. The first-order valence-electron chi connectivity index (χ1n) is 4.33. The lowest BCUT2D eigenvalue weighted by atomic mass is 10.2. The lowest BCUT2D eigenvalue weighted by molar-refractivity contribution is -0.136. The van der Waals surface area contributed by atoms with Gasteiger partial charge in [0.1, 0.15) is 0 Å². The Bertz CT molecular complexity index is 198. The van der Waals surface area contributed by atoms with Crippen LogP contribution in [0.3, 0.4) is 0 Å². The van der Waals surface area contributed by atoms with Crippen LogP contribution in [0.25, 0.3) is 0 Å². The van der Waals surface area contributed by atoms with Crippen LogP contribution in [0.5, 0.6) is 0 Å². The second-order valence-electron chi connectivity index (χ2n) is 3.18. The molecular weight excluding hydrogens is 192 g/mol. The summed E-state index contributed by atoms with van der Waals surface area (Å²) in [6, 6.07) is 0. The molecule has 4 nitrogen and oxygen atoms in total. The molecule has 0 radical (unpaired) electrons. The molecule has 0 aromatic carbocycles. The minimum atomic E-state index is -0.991. The predicted molar refractivity (Wildman–Crippen MR) is 49.1 cm³/mol. The maximum atomic E-state index is 11.3. The summed E-state index contributed by atoms with van der Waals surface area (Å²) in [5.74, 6) is 0.352. The molecule has 0 aromatic rings. The monoisotopic (exact) mass is 206 g/mol. The molecule has 1 aliphatic heterocycles. The van der Waals surface area contributed by atoms with Crippen molar-refractivity contribution in [2.24, 2.45) is 5.92 Å². The second-order valence-corrected chi connectivity index (χ2v) is 4.81. The quantitative estimate of drug-likeness (QED) is 0.700. The maximum Gasteiger partial charge on any atom is 0.304 e. The van der Waals surface area contributed by atoms with Crippen LogP contribution in [-0.4, -0.2) is 40.0 Å². The highest BCUT2D eigenvalue weighted by Gasteiger charge is 2.18. The number of aliphatic carboxylic acids is 1. The number of rotatable bonds is 5. The lowest BCUT2D eigenvalue weighted by Gasteiger charge is -2.05. The van der Waals surface area contributed by atoms with Crippen molar-refractivity contribution in [2.45, 2.75) is 12.8 Å². The maximum absolute atomic E-state index is 11.3. The van der Waals surface area contributed by atoms with Gasteiger partial charge in [-0.15, -0.1) is 0 Å². The largest absolute Gasteiger partial charge is 0.481 e. The summed E-state index contributed by atoms with van der Waals surface area (Å²) in [5.41, 5.74) is 0. The first kappa shape index (κ1) is 10.7. The SMILES string of the molecule is O=C(O)CCS(=O)CC1CCOC1. The van der Waals surface area contributed by atoms with E-state index < -0.39 is 16.8 Å². The van der Waals surface area contributed by atoms with Gasteiger partial charge in [0.25, 0.3) is 0 Å². The first-order valence-corrected chi connectivity index (χ1v) is 5.82. The highest BCUT2D eigenvalue weighted by Crippen LogP contribution is 2.13. The Hall–Kier alpha value is -0.420. The van der Waals surface area contributed by atoms with Crippen molar-refractivity contribution in [3.8, 4) is 0 Å². The van der Waals surface area contributed by atoms with Crippen LogP contribution in [0.4, 0.5) is 0 Å². The Labute approximate surface area is 79.7 Å². The molecule has 0 aliphatic carbocycles. The molecule has 1 fully saturated rings. The Morgan fingerprint density at radius 3 is 2.92 bits per heavy atom. The third kappa shape index (κ3) is 4.38. The Morgan fingerprint density at radius 2 is 2.38 bits per heavy atom. The van der Waals surface area contributed by atoms with Crippen molar-refractivity contribution in [2.75, 3.05) is 24.7 Å². The van der Waals surface area contributed by atoms with E-state index in [4.69, 9.17) is 9.84 Å². The van der Waals surface area contributed by atoms with Crippen molar-refractivity contribution >= 4 is 16.8 Å². The van der Waals surface area contributed by atoms with Crippen molar-refractivity contribution in [3.63, 3.8) is 0 Å². The minimum Gasteiger partial charge on any atom is -0.481 e. The van der Waals surface area contributed by atoms with Crippen LogP contribution in [0, 0.1) is 5.92 Å². The van der Waals surface area contributed by atoms with Crippen molar-refractivity contribution in [1.82, 2.24) is 0 Å². The van der Waals surface area contributed by atoms with E-state index in [2.05, 4.69) is 0 Å². The smallest absolute Gasteiger partial charge is 0.304 e. The van der Waals surface area contributed by atoms with E-state index in [1.54, 1.807) is 0 Å². The standard InChI is InChI=1S/C8H14O4S/c9-8(10)2-4-13(11)6-7-1-3-12-5-7/h7H,1-6H2,(H,9,10). The number of hydrogen-bond donors (Lipinski definition) is 1. The van der Waals surface area contributed by atoms with Gasteiger partial charge < -0.3 is 9.84 Å². The van der Waals surface area contributed by atoms with Crippen LogP contribution < -0.4 is 0 Å². The Kier molecular flexibility index (Phi) is 4.38. The van der Waals surface area contributed by atoms with Gasteiger partial charge in [-0.1, -0.05) is 0 Å². The van der Waals surface area contributed by atoms with Crippen LogP contribution >= 0.6 is 0 Å². The topological polar surface area (TPSA) is 63.6 Å². The number of carboxylic acids is 1. The van der Waals surface area contributed by atoms with Gasteiger partial charge in [0, 0.05) is 28.9 Å². The number of hydrogen-bond acceptors (Lipinski definition) is 3. The third-order valence-corrected chi connectivity index (χ3v) is 3.49. The van der Waals surface area contributed by atoms with Crippen molar-refractivity contribution < 1.29 is 18.8 Å². The molecular formula is C8H14O4S. The molecule has 13 heavy (non-hydrogen) atoms. The van der Waals surface area contributed by atoms with E-state index in [1.165, 1.54) is 0 Å². The molecule has 0 saturated carbocycles. The zero-order valence-electron chi connectivity index (χ0n) is 7.40. The van der Waals surface area contributed by atoms with Crippen molar-refractivity contribution in [1.29, 1.82) is 0 Å². The summed E-state index contributed by atoms with van der Waals surface area (Å²) in [6.07, 6.45) is 0.957. The molecule has 5 heteroatoms. The Balaban J connectivity index is 2.13. The van der Waals surface area contributed by atoms with Gasteiger partial charge in [-0.3, -0.25) is 9.00 Å². The molecule has 0 amide bonds.